The second kappa shape index (κ2) is 6.02. The highest BCUT2D eigenvalue weighted by Gasteiger charge is 2.28. The number of nitrogens with one attached hydrogen (secondary N) is 1. The summed E-state index contributed by atoms with van der Waals surface area (Å²) < 4.78 is 38.0. The average Bonchev–Trinajstić information content (AvgIpc) is 2.66. The predicted molar refractivity (Wildman–Crippen MR) is 57.9 cm³/mol. The molecule has 1 aromatic rings. The molecule has 0 aromatic carbocycles. The standard InChI is InChI=1S/C10H17F3N4/c1-2-5-17-7-8(6-15-17)9(16-14)3-4-10(11,12)13/h6-7,9,16H,2-5,14H2,1H3. The van der Waals surface area contributed by atoms with Crippen LogP contribution in [-0.2, 0) is 6.54 Å². The Morgan fingerprint density at radius 3 is 2.76 bits per heavy atom. The van der Waals surface area contributed by atoms with Gasteiger partial charge in [-0.2, -0.15) is 18.3 Å². The third-order valence-electron chi connectivity index (χ3n) is 2.43. The van der Waals surface area contributed by atoms with Crippen LogP contribution in [0.1, 0.15) is 37.8 Å². The van der Waals surface area contributed by atoms with Crippen molar-refractivity contribution in [1.82, 2.24) is 15.2 Å². The van der Waals surface area contributed by atoms with Crippen molar-refractivity contribution in [3.63, 3.8) is 0 Å². The van der Waals surface area contributed by atoms with E-state index in [4.69, 9.17) is 5.84 Å². The van der Waals surface area contributed by atoms with E-state index in [1.807, 2.05) is 6.92 Å². The smallest absolute Gasteiger partial charge is 0.272 e. The van der Waals surface area contributed by atoms with Gasteiger partial charge in [0.2, 0.25) is 0 Å². The van der Waals surface area contributed by atoms with E-state index in [1.165, 1.54) is 0 Å². The summed E-state index contributed by atoms with van der Waals surface area (Å²) >= 11 is 0. The average molecular weight is 250 g/mol. The molecule has 0 aliphatic heterocycles. The van der Waals surface area contributed by atoms with Crippen molar-refractivity contribution in [2.24, 2.45) is 5.84 Å². The number of nitrogens with zero attached hydrogens (tertiary/aromatic N) is 2. The van der Waals surface area contributed by atoms with Gasteiger partial charge in [-0.1, -0.05) is 6.92 Å². The quantitative estimate of drug-likeness (QED) is 0.600. The van der Waals surface area contributed by atoms with Crippen molar-refractivity contribution >= 4 is 0 Å². The maximum atomic E-state index is 12.1. The molecule has 1 rings (SSSR count). The monoisotopic (exact) mass is 250 g/mol. The summed E-state index contributed by atoms with van der Waals surface area (Å²) in [6.45, 7) is 2.75. The Bertz CT molecular complexity index is 335. The third kappa shape index (κ3) is 4.74. The number of alkyl halides is 3. The molecule has 0 spiro atoms. The molecule has 0 fully saturated rings. The minimum Gasteiger partial charge on any atom is -0.272 e. The van der Waals surface area contributed by atoms with E-state index >= 15 is 0 Å². The van der Waals surface area contributed by atoms with Gasteiger partial charge in [-0.15, -0.1) is 0 Å². The van der Waals surface area contributed by atoms with Crippen molar-refractivity contribution in [2.75, 3.05) is 0 Å². The van der Waals surface area contributed by atoms with Crippen LogP contribution in [0.3, 0.4) is 0 Å². The lowest BCUT2D eigenvalue weighted by atomic mass is 10.1. The van der Waals surface area contributed by atoms with Crippen molar-refractivity contribution in [2.45, 2.75) is 44.9 Å². The van der Waals surface area contributed by atoms with Gasteiger partial charge in [-0.25, -0.2) is 0 Å². The van der Waals surface area contributed by atoms with Crippen LogP contribution in [0.5, 0.6) is 0 Å². The number of hydrazine groups is 1. The number of aromatic nitrogens is 2. The normalized spacial score (nSPS) is 13.9. The molecular formula is C10H17F3N4. The van der Waals surface area contributed by atoms with Crippen LogP contribution >= 0.6 is 0 Å². The minimum atomic E-state index is -4.16. The predicted octanol–water partition coefficient (Wildman–Crippen LogP) is 2.14. The molecule has 17 heavy (non-hydrogen) atoms. The summed E-state index contributed by atoms with van der Waals surface area (Å²) in [5, 5.41) is 4.06. The van der Waals surface area contributed by atoms with E-state index < -0.39 is 18.6 Å². The van der Waals surface area contributed by atoms with Gasteiger partial charge in [0.15, 0.2) is 0 Å². The van der Waals surface area contributed by atoms with Crippen LogP contribution < -0.4 is 11.3 Å². The first kappa shape index (κ1) is 14.0. The molecule has 0 aliphatic rings. The largest absolute Gasteiger partial charge is 0.389 e. The SMILES string of the molecule is CCCn1cc(C(CCC(F)(F)F)NN)cn1. The van der Waals surface area contributed by atoms with Crippen LogP contribution in [0.25, 0.3) is 0 Å². The maximum absolute atomic E-state index is 12.1. The minimum absolute atomic E-state index is 0.0855. The van der Waals surface area contributed by atoms with E-state index in [0.717, 1.165) is 13.0 Å². The summed E-state index contributed by atoms with van der Waals surface area (Å²) in [4.78, 5) is 0. The summed E-state index contributed by atoms with van der Waals surface area (Å²) in [6, 6.07) is -0.512. The fraction of sp³-hybridized carbons (Fsp3) is 0.700. The summed E-state index contributed by atoms with van der Waals surface area (Å²) in [6.07, 6.45) is -0.904. The maximum Gasteiger partial charge on any atom is 0.389 e. The van der Waals surface area contributed by atoms with Crippen LogP contribution in [0, 0.1) is 0 Å². The van der Waals surface area contributed by atoms with Crippen molar-refractivity contribution < 1.29 is 13.2 Å². The van der Waals surface area contributed by atoms with E-state index in [1.54, 1.807) is 17.1 Å². The first-order chi connectivity index (χ1) is 7.96. The number of rotatable bonds is 6. The van der Waals surface area contributed by atoms with E-state index in [9.17, 15) is 13.2 Å². The Morgan fingerprint density at radius 1 is 1.53 bits per heavy atom. The van der Waals surface area contributed by atoms with Gasteiger partial charge in [0.1, 0.15) is 0 Å². The molecule has 0 saturated heterocycles. The van der Waals surface area contributed by atoms with Crippen molar-refractivity contribution in [1.29, 1.82) is 0 Å². The van der Waals surface area contributed by atoms with Crippen LogP contribution in [0.4, 0.5) is 13.2 Å². The highest BCUT2D eigenvalue weighted by molar-refractivity contribution is 5.10. The number of nitrogens with two attached hydrogens (primary N) is 1. The van der Waals surface area contributed by atoms with Crippen LogP contribution in [0.2, 0.25) is 0 Å². The Kier molecular flexibility index (Phi) is 4.95. The molecule has 1 heterocycles. The lowest BCUT2D eigenvalue weighted by Crippen LogP contribution is -2.29. The molecule has 0 aliphatic carbocycles. The molecule has 98 valence electrons. The molecular weight excluding hydrogens is 233 g/mol. The summed E-state index contributed by atoms with van der Waals surface area (Å²) in [7, 11) is 0. The highest BCUT2D eigenvalue weighted by Crippen LogP contribution is 2.26. The topological polar surface area (TPSA) is 55.9 Å². The zero-order valence-electron chi connectivity index (χ0n) is 9.67. The highest BCUT2D eigenvalue weighted by atomic mass is 19.4. The fourth-order valence-corrected chi connectivity index (χ4v) is 1.57. The molecule has 1 atom stereocenters. The molecule has 1 aromatic heterocycles. The van der Waals surface area contributed by atoms with E-state index in [2.05, 4.69) is 10.5 Å². The third-order valence-corrected chi connectivity index (χ3v) is 2.43. The summed E-state index contributed by atoms with van der Waals surface area (Å²) in [5.74, 6) is 5.26. The van der Waals surface area contributed by atoms with Crippen molar-refractivity contribution in [3.05, 3.63) is 18.0 Å². The molecule has 1 unspecified atom stereocenters. The van der Waals surface area contributed by atoms with Crippen molar-refractivity contribution in [3.8, 4) is 0 Å². The van der Waals surface area contributed by atoms with Crippen LogP contribution in [-0.4, -0.2) is 16.0 Å². The van der Waals surface area contributed by atoms with Gasteiger partial charge in [-0.3, -0.25) is 16.0 Å². The molecule has 3 N–H and O–H groups in total. The molecule has 7 heteroatoms. The molecule has 0 saturated carbocycles. The first-order valence-electron chi connectivity index (χ1n) is 5.51. The number of hydrogen-bond donors (Lipinski definition) is 2. The molecule has 4 nitrogen and oxygen atoms in total. The van der Waals surface area contributed by atoms with Gasteiger partial charge in [0, 0.05) is 30.8 Å². The Hall–Kier alpha value is -1.08. The number of hydrogen-bond acceptors (Lipinski definition) is 3. The van der Waals surface area contributed by atoms with E-state index in [0.29, 0.717) is 5.56 Å². The molecule has 0 radical (unpaired) electrons. The Morgan fingerprint density at radius 2 is 2.24 bits per heavy atom. The second-order valence-corrected chi connectivity index (χ2v) is 3.91. The van der Waals surface area contributed by atoms with Gasteiger partial charge in [-0.05, 0) is 12.8 Å². The summed E-state index contributed by atoms with van der Waals surface area (Å²) in [5.41, 5.74) is 3.08. The fourth-order valence-electron chi connectivity index (χ4n) is 1.57. The van der Waals surface area contributed by atoms with E-state index in [-0.39, 0.29) is 6.42 Å². The van der Waals surface area contributed by atoms with Gasteiger partial charge in [0.05, 0.1) is 6.20 Å². The first-order valence-corrected chi connectivity index (χ1v) is 5.51. The Labute approximate surface area is 97.9 Å². The Balaban J connectivity index is 2.59. The van der Waals surface area contributed by atoms with Gasteiger partial charge >= 0.3 is 6.18 Å². The molecule has 0 bridgehead atoms. The lowest BCUT2D eigenvalue weighted by molar-refractivity contribution is -0.136. The molecule has 0 amide bonds. The van der Waals surface area contributed by atoms with Crippen LogP contribution in [0.15, 0.2) is 12.4 Å². The lowest BCUT2D eigenvalue weighted by Gasteiger charge is -2.15. The number of aryl methyl sites for hydroxylation is 1. The zero-order chi connectivity index (χ0) is 12.9. The van der Waals surface area contributed by atoms with Gasteiger partial charge < -0.3 is 0 Å². The van der Waals surface area contributed by atoms with Gasteiger partial charge in [0.25, 0.3) is 0 Å². The second-order valence-electron chi connectivity index (χ2n) is 3.91. The number of halogens is 3. The zero-order valence-corrected chi connectivity index (χ0v) is 9.67.